The molecule has 0 bridgehead atoms. The quantitative estimate of drug-likeness (QED) is 0.812. The molecule has 2 aromatic rings. The van der Waals surface area contributed by atoms with Crippen LogP contribution in [0.5, 0.6) is 0 Å². The van der Waals surface area contributed by atoms with E-state index in [9.17, 15) is 8.42 Å². The summed E-state index contributed by atoms with van der Waals surface area (Å²) in [6.07, 6.45) is 2.30. The second-order valence-electron chi connectivity index (χ2n) is 6.28. The molecule has 4 nitrogen and oxygen atoms in total. The molecule has 0 N–H and O–H groups in total. The van der Waals surface area contributed by atoms with Gasteiger partial charge in [-0.3, -0.25) is 0 Å². The summed E-state index contributed by atoms with van der Waals surface area (Å²) in [6.45, 7) is 1.92. The fourth-order valence-electron chi connectivity index (χ4n) is 2.83. The van der Waals surface area contributed by atoms with Crippen molar-refractivity contribution in [3.63, 3.8) is 0 Å². The molecule has 0 fully saturated rings. The van der Waals surface area contributed by atoms with Crippen LogP contribution in [-0.4, -0.2) is 46.8 Å². The Morgan fingerprint density at radius 3 is 2.46 bits per heavy atom. The van der Waals surface area contributed by atoms with Gasteiger partial charge in [0.15, 0.2) is 9.84 Å². The molecule has 0 saturated heterocycles. The first-order valence-electron chi connectivity index (χ1n) is 7.89. The summed E-state index contributed by atoms with van der Waals surface area (Å²) in [7, 11) is 0.954. The lowest BCUT2D eigenvalue weighted by Crippen LogP contribution is -2.25. The Balaban J connectivity index is 2.00. The Morgan fingerprint density at radius 2 is 1.75 bits per heavy atom. The molecule has 0 aliphatic carbocycles. The number of nitrogens with zero attached hydrogens (tertiary/aromatic N) is 2. The Bertz CT molecular complexity index is 848. The zero-order valence-corrected chi connectivity index (χ0v) is 15.8. The smallest absolute Gasteiger partial charge is 0.175 e. The standard InChI is InChI=1S/C18H22N2O2S2/c1-19(2)11-6-12-20-15-7-4-5-8-17(15)23-18-13-14(24(3,21)22)9-10-16(18)20/h4-5,7-10,13H,6,11-12H2,1-3H3. The number of benzene rings is 2. The van der Waals surface area contributed by atoms with Crippen LogP contribution in [0, 0.1) is 0 Å². The lowest BCUT2D eigenvalue weighted by atomic mass is 10.2. The van der Waals surface area contributed by atoms with Gasteiger partial charge in [0.1, 0.15) is 0 Å². The van der Waals surface area contributed by atoms with Gasteiger partial charge in [0.2, 0.25) is 0 Å². The van der Waals surface area contributed by atoms with E-state index < -0.39 is 9.84 Å². The third-order valence-corrected chi connectivity index (χ3v) is 6.24. The molecular formula is C18H22N2O2S2. The number of anilines is 2. The Hall–Kier alpha value is -1.50. The first-order valence-corrected chi connectivity index (χ1v) is 10.6. The second-order valence-corrected chi connectivity index (χ2v) is 9.38. The number of sulfone groups is 1. The molecule has 6 heteroatoms. The molecule has 0 radical (unpaired) electrons. The molecule has 0 saturated carbocycles. The fraction of sp³-hybridized carbons (Fsp3) is 0.333. The lowest BCUT2D eigenvalue weighted by molar-refractivity contribution is 0.402. The summed E-state index contributed by atoms with van der Waals surface area (Å²) >= 11 is 1.64. The lowest BCUT2D eigenvalue weighted by Gasteiger charge is -2.33. The molecule has 1 heterocycles. The van der Waals surface area contributed by atoms with E-state index in [1.54, 1.807) is 23.9 Å². The van der Waals surface area contributed by atoms with Crippen molar-refractivity contribution in [1.29, 1.82) is 0 Å². The number of hydrogen-bond donors (Lipinski definition) is 0. The largest absolute Gasteiger partial charge is 0.340 e. The topological polar surface area (TPSA) is 40.6 Å². The molecule has 128 valence electrons. The van der Waals surface area contributed by atoms with Gasteiger partial charge in [0.05, 0.1) is 16.3 Å². The van der Waals surface area contributed by atoms with E-state index in [2.05, 4.69) is 36.0 Å². The van der Waals surface area contributed by atoms with Crippen molar-refractivity contribution in [3.05, 3.63) is 42.5 Å². The van der Waals surface area contributed by atoms with E-state index in [1.807, 2.05) is 18.2 Å². The summed E-state index contributed by atoms with van der Waals surface area (Å²) in [5, 5.41) is 0. The number of para-hydroxylation sites is 1. The van der Waals surface area contributed by atoms with Gasteiger partial charge in [-0.25, -0.2) is 8.42 Å². The van der Waals surface area contributed by atoms with Gasteiger partial charge in [-0.1, -0.05) is 23.9 Å². The summed E-state index contributed by atoms with van der Waals surface area (Å²) in [5.41, 5.74) is 2.28. The SMILES string of the molecule is CN(C)CCCN1c2ccccc2Sc2cc(S(C)(=O)=O)ccc21. The van der Waals surface area contributed by atoms with Gasteiger partial charge in [-0.2, -0.15) is 0 Å². The number of hydrogen-bond acceptors (Lipinski definition) is 5. The van der Waals surface area contributed by atoms with Crippen LogP contribution in [0.3, 0.4) is 0 Å². The van der Waals surface area contributed by atoms with E-state index in [-0.39, 0.29) is 0 Å². The average Bonchev–Trinajstić information content (AvgIpc) is 2.52. The molecule has 24 heavy (non-hydrogen) atoms. The predicted molar refractivity (Wildman–Crippen MR) is 100 cm³/mol. The molecule has 1 aliphatic heterocycles. The maximum absolute atomic E-state index is 11.9. The van der Waals surface area contributed by atoms with Crippen LogP contribution in [0.4, 0.5) is 11.4 Å². The minimum atomic E-state index is -3.20. The van der Waals surface area contributed by atoms with Crippen molar-refractivity contribution in [2.75, 3.05) is 38.3 Å². The van der Waals surface area contributed by atoms with Gasteiger partial charge in [0.25, 0.3) is 0 Å². The Kier molecular flexibility index (Phi) is 4.90. The van der Waals surface area contributed by atoms with Gasteiger partial charge in [-0.05, 0) is 57.4 Å². The average molecular weight is 363 g/mol. The van der Waals surface area contributed by atoms with E-state index in [4.69, 9.17) is 0 Å². The molecule has 0 atom stereocenters. The van der Waals surface area contributed by atoms with Gasteiger partial charge < -0.3 is 9.80 Å². The molecule has 0 spiro atoms. The van der Waals surface area contributed by atoms with Crippen LogP contribution >= 0.6 is 11.8 Å². The highest BCUT2D eigenvalue weighted by Gasteiger charge is 2.24. The third kappa shape index (κ3) is 3.61. The molecule has 1 aliphatic rings. The van der Waals surface area contributed by atoms with Gasteiger partial charge in [-0.15, -0.1) is 0 Å². The molecular weight excluding hydrogens is 340 g/mol. The van der Waals surface area contributed by atoms with Crippen LogP contribution in [0.15, 0.2) is 57.2 Å². The van der Waals surface area contributed by atoms with Crippen molar-refractivity contribution in [2.24, 2.45) is 0 Å². The Morgan fingerprint density at radius 1 is 1.04 bits per heavy atom. The van der Waals surface area contributed by atoms with Gasteiger partial charge >= 0.3 is 0 Å². The van der Waals surface area contributed by atoms with Gasteiger partial charge in [0, 0.05) is 22.6 Å². The third-order valence-electron chi connectivity index (χ3n) is 4.01. The van der Waals surface area contributed by atoms with Crippen molar-refractivity contribution in [2.45, 2.75) is 21.1 Å². The van der Waals surface area contributed by atoms with Crippen LogP contribution < -0.4 is 4.90 Å². The van der Waals surface area contributed by atoms with E-state index in [0.717, 1.165) is 30.1 Å². The first kappa shape index (κ1) is 17.3. The molecule has 0 aromatic heterocycles. The number of rotatable bonds is 5. The van der Waals surface area contributed by atoms with E-state index >= 15 is 0 Å². The molecule has 0 unspecified atom stereocenters. The summed E-state index contributed by atoms with van der Waals surface area (Å²) in [5.74, 6) is 0. The second kappa shape index (κ2) is 6.78. The van der Waals surface area contributed by atoms with Crippen LogP contribution in [-0.2, 0) is 9.84 Å². The fourth-order valence-corrected chi connectivity index (χ4v) is 4.69. The highest BCUT2D eigenvalue weighted by Crippen LogP contribution is 2.48. The molecule has 3 rings (SSSR count). The molecule has 0 amide bonds. The number of fused-ring (bicyclic) bond motifs is 2. The van der Waals surface area contributed by atoms with E-state index in [0.29, 0.717) is 4.90 Å². The van der Waals surface area contributed by atoms with Crippen molar-refractivity contribution >= 4 is 33.0 Å². The maximum Gasteiger partial charge on any atom is 0.175 e. The van der Waals surface area contributed by atoms with Crippen molar-refractivity contribution in [3.8, 4) is 0 Å². The minimum absolute atomic E-state index is 0.376. The minimum Gasteiger partial charge on any atom is -0.340 e. The molecule has 2 aromatic carbocycles. The first-order chi connectivity index (χ1) is 11.4. The van der Waals surface area contributed by atoms with Crippen molar-refractivity contribution < 1.29 is 8.42 Å². The zero-order chi connectivity index (χ0) is 17.3. The monoisotopic (exact) mass is 362 g/mol. The highest BCUT2D eigenvalue weighted by atomic mass is 32.2. The predicted octanol–water partition coefficient (Wildman–Crippen LogP) is 3.64. The normalized spacial score (nSPS) is 13.8. The summed E-state index contributed by atoms with van der Waals surface area (Å²) in [6, 6.07) is 13.7. The van der Waals surface area contributed by atoms with Crippen LogP contribution in [0.1, 0.15) is 6.42 Å². The zero-order valence-electron chi connectivity index (χ0n) is 14.2. The summed E-state index contributed by atoms with van der Waals surface area (Å²) in [4.78, 5) is 7.03. The maximum atomic E-state index is 11.9. The highest BCUT2D eigenvalue weighted by molar-refractivity contribution is 7.99. The van der Waals surface area contributed by atoms with E-state index in [1.165, 1.54) is 16.8 Å². The van der Waals surface area contributed by atoms with Crippen LogP contribution in [0.25, 0.3) is 0 Å². The van der Waals surface area contributed by atoms with Crippen molar-refractivity contribution in [1.82, 2.24) is 4.90 Å². The summed E-state index contributed by atoms with van der Waals surface area (Å²) < 4.78 is 23.7. The van der Waals surface area contributed by atoms with Crippen LogP contribution in [0.2, 0.25) is 0 Å². The Labute approximate surface area is 148 Å².